The first-order valence-electron chi connectivity index (χ1n) is 8.37. The number of imidazole rings is 1. The molecule has 0 aliphatic rings. The first-order valence-corrected chi connectivity index (χ1v) is 8.37. The highest BCUT2D eigenvalue weighted by molar-refractivity contribution is 5.79. The van der Waals surface area contributed by atoms with Crippen LogP contribution in [0.5, 0.6) is 0 Å². The molecule has 0 atom stereocenters. The maximum atomic E-state index is 12.9. The Morgan fingerprint density at radius 3 is 2.69 bits per heavy atom. The molecule has 2 aromatic heterocycles. The van der Waals surface area contributed by atoms with Crippen molar-refractivity contribution in [1.82, 2.24) is 25.2 Å². The van der Waals surface area contributed by atoms with E-state index in [9.17, 15) is 4.39 Å². The maximum absolute atomic E-state index is 12.9. The van der Waals surface area contributed by atoms with E-state index in [0.717, 1.165) is 23.4 Å². The Bertz CT molecular complexity index is 843. The lowest BCUT2D eigenvalue weighted by Gasteiger charge is -2.12. The summed E-state index contributed by atoms with van der Waals surface area (Å²) < 4.78 is 14.8. The van der Waals surface area contributed by atoms with Gasteiger partial charge in [-0.05, 0) is 41.8 Å². The van der Waals surface area contributed by atoms with Crippen LogP contribution in [0.15, 0.2) is 66.3 Å². The highest BCUT2D eigenvalue weighted by atomic mass is 19.1. The number of aliphatic imine (C=N–C) groups is 1. The number of rotatable bonds is 6. The molecular weight excluding hydrogens is 331 g/mol. The molecule has 0 bridgehead atoms. The average Bonchev–Trinajstić information content (AvgIpc) is 3.21. The molecule has 0 saturated carbocycles. The Hall–Kier alpha value is -3.22. The van der Waals surface area contributed by atoms with Crippen molar-refractivity contribution in [2.75, 3.05) is 13.6 Å². The number of nitrogens with one attached hydrogen (secondary N) is 2. The predicted octanol–water partition coefficient (Wildman–Crippen LogP) is 2.31. The molecule has 6 nitrogen and oxygen atoms in total. The van der Waals surface area contributed by atoms with Crippen LogP contribution < -0.4 is 10.6 Å². The predicted molar refractivity (Wildman–Crippen MR) is 99.7 cm³/mol. The zero-order valence-corrected chi connectivity index (χ0v) is 14.6. The molecule has 134 valence electrons. The van der Waals surface area contributed by atoms with Gasteiger partial charge < -0.3 is 10.6 Å². The van der Waals surface area contributed by atoms with Crippen LogP contribution in [0.2, 0.25) is 0 Å². The van der Waals surface area contributed by atoms with Crippen LogP contribution in [-0.2, 0) is 13.0 Å². The summed E-state index contributed by atoms with van der Waals surface area (Å²) in [6.07, 6.45) is 7.86. The molecule has 0 spiro atoms. The lowest BCUT2D eigenvalue weighted by molar-refractivity contribution is 0.626. The van der Waals surface area contributed by atoms with Crippen molar-refractivity contribution < 1.29 is 4.39 Å². The molecule has 2 N–H and O–H groups in total. The van der Waals surface area contributed by atoms with Gasteiger partial charge in [-0.15, -0.1) is 0 Å². The number of hydrogen-bond acceptors (Lipinski definition) is 3. The van der Waals surface area contributed by atoms with Crippen molar-refractivity contribution >= 4 is 5.96 Å². The topological polar surface area (TPSA) is 67.1 Å². The van der Waals surface area contributed by atoms with Gasteiger partial charge in [0.15, 0.2) is 5.96 Å². The fourth-order valence-corrected chi connectivity index (χ4v) is 2.49. The fourth-order valence-electron chi connectivity index (χ4n) is 2.49. The molecule has 3 rings (SSSR count). The second kappa shape index (κ2) is 8.75. The van der Waals surface area contributed by atoms with E-state index in [1.807, 2.05) is 22.9 Å². The Labute approximate surface area is 151 Å². The smallest absolute Gasteiger partial charge is 0.191 e. The number of halogens is 1. The summed E-state index contributed by atoms with van der Waals surface area (Å²) in [5, 5.41) is 6.54. The van der Waals surface area contributed by atoms with Crippen molar-refractivity contribution in [3.05, 3.63) is 78.3 Å². The van der Waals surface area contributed by atoms with Gasteiger partial charge in [-0.1, -0.05) is 12.1 Å². The van der Waals surface area contributed by atoms with E-state index in [0.29, 0.717) is 19.0 Å². The molecule has 0 unspecified atom stereocenters. The zero-order chi connectivity index (χ0) is 18.2. The summed E-state index contributed by atoms with van der Waals surface area (Å²) in [5.74, 6) is 1.32. The Morgan fingerprint density at radius 1 is 1.12 bits per heavy atom. The molecule has 26 heavy (non-hydrogen) atoms. The van der Waals surface area contributed by atoms with Gasteiger partial charge >= 0.3 is 0 Å². The van der Waals surface area contributed by atoms with Gasteiger partial charge in [-0.25, -0.2) is 14.4 Å². The van der Waals surface area contributed by atoms with E-state index >= 15 is 0 Å². The number of benzene rings is 1. The summed E-state index contributed by atoms with van der Waals surface area (Å²) >= 11 is 0. The quantitative estimate of drug-likeness (QED) is 0.528. The van der Waals surface area contributed by atoms with E-state index in [1.165, 1.54) is 12.1 Å². The molecule has 7 heteroatoms. The van der Waals surface area contributed by atoms with Crippen molar-refractivity contribution in [2.24, 2.45) is 4.99 Å². The third-order valence-corrected chi connectivity index (χ3v) is 3.88. The Kier molecular flexibility index (Phi) is 5.92. The van der Waals surface area contributed by atoms with Gasteiger partial charge in [-0.2, -0.15) is 0 Å². The van der Waals surface area contributed by atoms with E-state index in [-0.39, 0.29) is 5.82 Å². The Morgan fingerprint density at radius 2 is 1.96 bits per heavy atom. The molecule has 0 aliphatic heterocycles. The molecule has 1 aromatic carbocycles. The minimum atomic E-state index is -0.216. The van der Waals surface area contributed by atoms with E-state index in [4.69, 9.17) is 0 Å². The molecule has 0 aliphatic carbocycles. The Balaban J connectivity index is 1.49. The van der Waals surface area contributed by atoms with Gasteiger partial charge in [0.05, 0.1) is 0 Å². The van der Waals surface area contributed by atoms with Crippen LogP contribution >= 0.6 is 0 Å². The number of aromatic nitrogens is 3. The summed E-state index contributed by atoms with van der Waals surface area (Å²) in [5.41, 5.74) is 2.17. The van der Waals surface area contributed by atoms with Crippen LogP contribution in [-0.4, -0.2) is 34.1 Å². The maximum Gasteiger partial charge on any atom is 0.191 e. The number of pyridine rings is 1. The minimum absolute atomic E-state index is 0.216. The monoisotopic (exact) mass is 352 g/mol. The van der Waals surface area contributed by atoms with Gasteiger partial charge in [0.1, 0.15) is 18.0 Å². The largest absolute Gasteiger partial charge is 0.356 e. The molecular formula is C19H21FN6. The lowest BCUT2D eigenvalue weighted by atomic mass is 10.1. The number of guanidine groups is 1. The molecule has 2 heterocycles. The normalized spacial score (nSPS) is 11.4. The lowest BCUT2D eigenvalue weighted by Crippen LogP contribution is -2.37. The van der Waals surface area contributed by atoms with Gasteiger partial charge in [0.25, 0.3) is 0 Å². The van der Waals surface area contributed by atoms with Gasteiger partial charge in [0, 0.05) is 38.7 Å². The van der Waals surface area contributed by atoms with E-state index < -0.39 is 0 Å². The number of nitrogens with zero attached hydrogens (tertiary/aromatic N) is 4. The van der Waals surface area contributed by atoms with Crippen molar-refractivity contribution in [1.29, 1.82) is 0 Å². The molecule has 0 amide bonds. The third-order valence-electron chi connectivity index (χ3n) is 3.88. The summed E-state index contributed by atoms with van der Waals surface area (Å²) in [6.45, 7) is 1.34. The van der Waals surface area contributed by atoms with Crippen molar-refractivity contribution in [2.45, 2.75) is 13.0 Å². The van der Waals surface area contributed by atoms with Crippen LogP contribution in [0.25, 0.3) is 5.82 Å². The second-order valence-corrected chi connectivity index (χ2v) is 5.72. The standard InChI is InChI=1S/C19H21FN6/c1-21-19(24-9-6-15-2-4-17(20)5-3-15)25-13-16-7-8-23-18(12-16)26-11-10-22-14-26/h2-5,7-8,10-12,14H,6,9,13H2,1H3,(H2,21,24,25). The number of hydrogen-bond donors (Lipinski definition) is 2. The fraction of sp³-hybridized carbons (Fsp3) is 0.211. The van der Waals surface area contributed by atoms with E-state index in [1.54, 1.807) is 37.9 Å². The van der Waals surface area contributed by atoms with Crippen LogP contribution in [0, 0.1) is 5.82 Å². The third kappa shape index (κ3) is 4.89. The second-order valence-electron chi connectivity index (χ2n) is 5.72. The summed E-state index contributed by atoms with van der Waals surface area (Å²) in [7, 11) is 1.73. The highest BCUT2D eigenvalue weighted by Crippen LogP contribution is 2.06. The van der Waals surface area contributed by atoms with Crippen molar-refractivity contribution in [3.8, 4) is 5.82 Å². The van der Waals surface area contributed by atoms with Gasteiger partial charge in [0.2, 0.25) is 0 Å². The SMILES string of the molecule is CN=C(NCCc1ccc(F)cc1)NCc1ccnc(-n2ccnc2)c1. The molecule has 0 radical (unpaired) electrons. The van der Waals surface area contributed by atoms with Crippen molar-refractivity contribution in [3.63, 3.8) is 0 Å². The van der Waals surface area contributed by atoms with Crippen LogP contribution in [0.3, 0.4) is 0 Å². The minimum Gasteiger partial charge on any atom is -0.356 e. The first-order chi connectivity index (χ1) is 12.7. The molecule has 3 aromatic rings. The zero-order valence-electron chi connectivity index (χ0n) is 14.6. The first kappa shape index (κ1) is 17.6. The molecule has 0 saturated heterocycles. The highest BCUT2D eigenvalue weighted by Gasteiger charge is 2.02. The van der Waals surface area contributed by atoms with E-state index in [2.05, 4.69) is 25.6 Å². The summed E-state index contributed by atoms with van der Waals surface area (Å²) in [4.78, 5) is 12.6. The van der Waals surface area contributed by atoms with Crippen LogP contribution in [0.1, 0.15) is 11.1 Å². The summed E-state index contributed by atoms with van der Waals surface area (Å²) in [6, 6.07) is 10.5. The molecule has 0 fully saturated rings. The average molecular weight is 352 g/mol. The van der Waals surface area contributed by atoms with Crippen LogP contribution in [0.4, 0.5) is 4.39 Å². The van der Waals surface area contributed by atoms with Gasteiger partial charge in [-0.3, -0.25) is 9.56 Å².